The summed E-state index contributed by atoms with van der Waals surface area (Å²) in [5.74, 6) is 1.39. The molecule has 42 heavy (non-hydrogen) atoms. The highest BCUT2D eigenvalue weighted by Gasteiger charge is 2.33. The zero-order valence-corrected chi connectivity index (χ0v) is 29.0. The minimum absolute atomic E-state index is 0.0252. The Balaban J connectivity index is 1.87. The third-order valence-corrected chi connectivity index (χ3v) is 8.98. The number of hydrogen-bond acceptors (Lipinski definition) is 4. The van der Waals surface area contributed by atoms with Crippen LogP contribution in [0.25, 0.3) is 0 Å². The van der Waals surface area contributed by atoms with E-state index in [1.54, 1.807) is 0 Å². The number of rotatable bonds is 4. The van der Waals surface area contributed by atoms with Crippen LogP contribution in [0.5, 0.6) is 11.5 Å². The SMILES string of the molecule is C[C@H]1C[C@@H](N=Cc2cc(C(C)(C)C)cc(C(C)(C)C)c2O)[C@@H](C)C[C@H]1N=Cc1cc(C(C)(C)C)cc(C(C)(C)C)c1O. The lowest BCUT2D eigenvalue weighted by Crippen LogP contribution is -2.34. The summed E-state index contributed by atoms with van der Waals surface area (Å²) in [7, 11) is 0. The summed E-state index contributed by atoms with van der Waals surface area (Å²) in [5, 5.41) is 22.4. The number of benzene rings is 2. The quantitative estimate of drug-likeness (QED) is 0.357. The highest BCUT2D eigenvalue weighted by atomic mass is 16.3. The number of hydrogen-bond donors (Lipinski definition) is 2. The Morgan fingerprint density at radius 2 is 0.857 bits per heavy atom. The van der Waals surface area contributed by atoms with Crippen LogP contribution in [0.3, 0.4) is 0 Å². The van der Waals surface area contributed by atoms with Gasteiger partial charge < -0.3 is 10.2 Å². The second-order valence-corrected chi connectivity index (χ2v) is 17.0. The molecular weight excluding hydrogens is 516 g/mol. The average molecular weight is 575 g/mol. The minimum atomic E-state index is -0.166. The van der Waals surface area contributed by atoms with Crippen molar-refractivity contribution in [3.05, 3.63) is 57.6 Å². The fraction of sp³-hybridized carbons (Fsp3) is 0.632. The zero-order valence-electron chi connectivity index (χ0n) is 29.0. The fourth-order valence-electron chi connectivity index (χ4n) is 5.83. The van der Waals surface area contributed by atoms with Crippen molar-refractivity contribution in [2.24, 2.45) is 21.8 Å². The molecular formula is C38H58N2O2. The van der Waals surface area contributed by atoms with Gasteiger partial charge in [-0.3, -0.25) is 9.98 Å². The first-order valence-corrected chi connectivity index (χ1v) is 15.8. The van der Waals surface area contributed by atoms with Crippen LogP contribution in [0.2, 0.25) is 0 Å². The Bertz CT molecular complexity index is 1220. The van der Waals surface area contributed by atoms with Gasteiger partial charge in [0.05, 0.1) is 12.1 Å². The van der Waals surface area contributed by atoms with Gasteiger partial charge in [-0.25, -0.2) is 0 Å². The lowest BCUT2D eigenvalue weighted by molar-refractivity contribution is 0.235. The van der Waals surface area contributed by atoms with Gasteiger partial charge in [0.2, 0.25) is 0 Å². The van der Waals surface area contributed by atoms with Crippen molar-refractivity contribution in [2.75, 3.05) is 0 Å². The third kappa shape index (κ3) is 7.85. The Morgan fingerprint density at radius 1 is 0.548 bits per heavy atom. The van der Waals surface area contributed by atoms with E-state index < -0.39 is 0 Å². The van der Waals surface area contributed by atoms with Crippen LogP contribution in [0.4, 0.5) is 0 Å². The molecule has 232 valence electrons. The first kappa shape index (κ1) is 33.9. The van der Waals surface area contributed by atoms with Crippen molar-refractivity contribution in [1.82, 2.24) is 0 Å². The van der Waals surface area contributed by atoms with Gasteiger partial charge in [-0.1, -0.05) is 109 Å². The van der Waals surface area contributed by atoms with Gasteiger partial charge in [-0.2, -0.15) is 0 Å². The Hall–Kier alpha value is -2.62. The molecule has 0 radical (unpaired) electrons. The van der Waals surface area contributed by atoms with Crippen molar-refractivity contribution in [3.63, 3.8) is 0 Å². The number of aromatic hydroxyl groups is 2. The molecule has 3 rings (SSSR count). The van der Waals surface area contributed by atoms with Crippen LogP contribution in [-0.4, -0.2) is 34.7 Å². The van der Waals surface area contributed by atoms with Crippen LogP contribution >= 0.6 is 0 Å². The van der Waals surface area contributed by atoms with Crippen molar-refractivity contribution in [1.29, 1.82) is 0 Å². The number of phenols is 2. The zero-order chi connectivity index (χ0) is 32.0. The van der Waals surface area contributed by atoms with Crippen LogP contribution in [0, 0.1) is 11.8 Å². The number of nitrogens with zero attached hydrogens (tertiary/aromatic N) is 2. The van der Waals surface area contributed by atoms with Gasteiger partial charge in [0.25, 0.3) is 0 Å². The molecule has 0 unspecified atom stereocenters. The molecule has 2 aromatic carbocycles. The fourth-order valence-corrected chi connectivity index (χ4v) is 5.83. The standard InChI is InChI=1S/C38H58N2O2/c1-23-15-32(40-22-26-18-28(36(6,7)8)20-30(34(26)42)38(12,13)14)24(2)16-31(23)39-21-25-17-27(35(3,4)5)19-29(33(25)41)37(9,10)11/h17-24,31-32,41-42H,15-16H2,1-14H3/t23-,24-,31+,32+/m0/s1. The molecule has 0 heterocycles. The molecule has 4 heteroatoms. The van der Waals surface area contributed by atoms with Gasteiger partial charge in [0.15, 0.2) is 0 Å². The van der Waals surface area contributed by atoms with E-state index in [9.17, 15) is 10.2 Å². The largest absolute Gasteiger partial charge is 0.507 e. The lowest BCUT2D eigenvalue weighted by atomic mass is 9.77. The second kappa shape index (κ2) is 11.8. The summed E-state index contributed by atoms with van der Waals surface area (Å²) in [6, 6.07) is 8.85. The van der Waals surface area contributed by atoms with E-state index in [0.717, 1.165) is 35.1 Å². The molecule has 2 aromatic rings. The molecule has 1 aliphatic carbocycles. The first-order valence-electron chi connectivity index (χ1n) is 15.8. The lowest BCUT2D eigenvalue weighted by Gasteiger charge is -2.35. The van der Waals surface area contributed by atoms with Crippen molar-refractivity contribution >= 4 is 12.4 Å². The van der Waals surface area contributed by atoms with E-state index in [4.69, 9.17) is 9.98 Å². The van der Waals surface area contributed by atoms with Crippen LogP contribution < -0.4 is 0 Å². The molecule has 1 saturated carbocycles. The van der Waals surface area contributed by atoms with Crippen LogP contribution in [-0.2, 0) is 21.7 Å². The predicted octanol–water partition coefficient (Wildman–Crippen LogP) is 9.63. The molecule has 0 spiro atoms. The van der Waals surface area contributed by atoms with Gasteiger partial charge >= 0.3 is 0 Å². The molecule has 0 aliphatic heterocycles. The summed E-state index contributed by atoms with van der Waals surface area (Å²) < 4.78 is 0. The van der Waals surface area contributed by atoms with Crippen LogP contribution in [0.15, 0.2) is 34.3 Å². The molecule has 0 saturated heterocycles. The number of phenolic OH excluding ortho intramolecular Hbond substituents is 2. The molecule has 2 N–H and O–H groups in total. The molecule has 4 nitrogen and oxygen atoms in total. The van der Waals surface area contributed by atoms with E-state index in [1.165, 1.54) is 11.1 Å². The Kier molecular flexibility index (Phi) is 9.53. The minimum Gasteiger partial charge on any atom is -0.507 e. The van der Waals surface area contributed by atoms with Crippen molar-refractivity contribution in [3.8, 4) is 11.5 Å². The Morgan fingerprint density at radius 3 is 1.12 bits per heavy atom. The molecule has 1 fully saturated rings. The molecule has 4 atom stereocenters. The van der Waals surface area contributed by atoms with Crippen molar-refractivity contribution in [2.45, 2.75) is 144 Å². The third-order valence-electron chi connectivity index (χ3n) is 8.98. The maximum atomic E-state index is 11.2. The van der Waals surface area contributed by atoms with E-state index in [1.807, 2.05) is 12.4 Å². The number of aliphatic imine (C=N–C) groups is 2. The molecule has 1 aliphatic rings. The summed E-state index contributed by atoms with van der Waals surface area (Å²) in [6.07, 6.45) is 5.68. The summed E-state index contributed by atoms with van der Waals surface area (Å²) in [6.45, 7) is 30.6. The van der Waals surface area contributed by atoms with E-state index in [-0.39, 0.29) is 33.7 Å². The van der Waals surface area contributed by atoms with Gasteiger partial charge in [-0.05, 0) is 69.6 Å². The van der Waals surface area contributed by atoms with Crippen molar-refractivity contribution < 1.29 is 10.2 Å². The van der Waals surface area contributed by atoms with E-state index >= 15 is 0 Å². The predicted molar refractivity (Wildman–Crippen MR) is 181 cm³/mol. The van der Waals surface area contributed by atoms with Gasteiger partial charge in [0.1, 0.15) is 11.5 Å². The van der Waals surface area contributed by atoms with Crippen LogP contribution in [0.1, 0.15) is 143 Å². The topological polar surface area (TPSA) is 65.2 Å². The summed E-state index contributed by atoms with van der Waals surface area (Å²) in [4.78, 5) is 10.1. The highest BCUT2D eigenvalue weighted by molar-refractivity contribution is 5.86. The smallest absolute Gasteiger partial charge is 0.128 e. The average Bonchev–Trinajstić information content (AvgIpc) is 2.81. The highest BCUT2D eigenvalue weighted by Crippen LogP contribution is 2.39. The monoisotopic (exact) mass is 574 g/mol. The normalized spacial score (nSPS) is 22.8. The van der Waals surface area contributed by atoms with E-state index in [0.29, 0.717) is 23.3 Å². The van der Waals surface area contributed by atoms with Gasteiger partial charge in [-0.15, -0.1) is 0 Å². The maximum absolute atomic E-state index is 11.2. The molecule has 0 bridgehead atoms. The van der Waals surface area contributed by atoms with E-state index in [2.05, 4.69) is 121 Å². The Labute approximate surface area is 256 Å². The summed E-state index contributed by atoms with van der Waals surface area (Å²) >= 11 is 0. The summed E-state index contributed by atoms with van der Waals surface area (Å²) in [5.41, 5.74) is 5.56. The molecule has 0 amide bonds. The van der Waals surface area contributed by atoms with Gasteiger partial charge in [0, 0.05) is 34.7 Å². The second-order valence-electron chi connectivity index (χ2n) is 17.0. The maximum Gasteiger partial charge on any atom is 0.128 e. The molecule has 0 aromatic heterocycles. The first-order chi connectivity index (χ1) is 19.0.